The fourth-order valence-corrected chi connectivity index (χ4v) is 2.92. The first-order chi connectivity index (χ1) is 12.2. The minimum Gasteiger partial charge on any atom is -0.493 e. The quantitative estimate of drug-likeness (QED) is 0.445. The van der Waals surface area contributed by atoms with Crippen LogP contribution in [0.5, 0.6) is 5.75 Å². The zero-order valence-corrected chi connectivity index (χ0v) is 17.7. The predicted octanol–water partition coefficient (Wildman–Crippen LogP) is 4.27. The molecule has 0 bridgehead atoms. The van der Waals surface area contributed by atoms with Crippen molar-refractivity contribution >= 4 is 5.91 Å². The number of likely N-dealkylation sites (N-methyl/N-ethyl adjacent to an activating group) is 1. The molecule has 0 unspecified atom stereocenters. The summed E-state index contributed by atoms with van der Waals surface area (Å²) in [6.45, 7) is 11.7. The number of hydrogen-bond acceptors (Lipinski definition) is 2. The maximum absolute atomic E-state index is 11.9. The molecule has 0 heterocycles. The van der Waals surface area contributed by atoms with Gasteiger partial charge in [0.05, 0.1) is 27.2 Å². The van der Waals surface area contributed by atoms with Crippen LogP contribution in [0.2, 0.25) is 0 Å². The first-order valence-corrected chi connectivity index (χ1v) is 10.1. The molecule has 1 rings (SSSR count). The van der Waals surface area contributed by atoms with Gasteiger partial charge in [-0.1, -0.05) is 32.9 Å². The molecule has 0 spiro atoms. The van der Waals surface area contributed by atoms with E-state index in [1.807, 2.05) is 0 Å². The summed E-state index contributed by atoms with van der Waals surface area (Å²) in [6.07, 6.45) is 4.27. The third-order valence-electron chi connectivity index (χ3n) is 4.69. The number of amides is 1. The Labute approximate surface area is 160 Å². The lowest BCUT2D eigenvalue weighted by molar-refractivity contribution is -0.882. The highest BCUT2D eigenvalue weighted by atomic mass is 16.5. The van der Waals surface area contributed by atoms with Crippen molar-refractivity contribution in [3.05, 3.63) is 29.3 Å². The molecular formula is C22H39N2O2+. The molecule has 1 aromatic rings. The van der Waals surface area contributed by atoms with Gasteiger partial charge in [0.15, 0.2) is 6.54 Å². The van der Waals surface area contributed by atoms with Crippen LogP contribution in [0.15, 0.2) is 18.2 Å². The maximum atomic E-state index is 11.9. The van der Waals surface area contributed by atoms with Crippen molar-refractivity contribution in [3.63, 3.8) is 0 Å². The highest BCUT2D eigenvalue weighted by Gasteiger charge is 2.19. The number of nitrogens with one attached hydrogen (secondary N) is 1. The van der Waals surface area contributed by atoms with Crippen LogP contribution in [-0.2, 0) is 4.79 Å². The number of carbonyl (C=O) groups excluding carboxylic acids is 1. The lowest BCUT2D eigenvalue weighted by Crippen LogP contribution is -2.48. The van der Waals surface area contributed by atoms with Gasteiger partial charge in [0.1, 0.15) is 5.75 Å². The molecule has 0 aliphatic carbocycles. The van der Waals surface area contributed by atoms with Gasteiger partial charge < -0.3 is 14.5 Å². The van der Waals surface area contributed by atoms with E-state index in [0.717, 1.165) is 55.6 Å². The minimum atomic E-state index is 0.153. The summed E-state index contributed by atoms with van der Waals surface area (Å²) in [5.74, 6) is 1.69. The van der Waals surface area contributed by atoms with E-state index >= 15 is 0 Å². The highest BCUT2D eigenvalue weighted by molar-refractivity contribution is 5.76. The molecule has 0 aromatic heterocycles. The Bertz CT molecular complexity index is 553. The van der Waals surface area contributed by atoms with Crippen LogP contribution in [0, 0.1) is 6.92 Å². The molecule has 0 atom stereocenters. The van der Waals surface area contributed by atoms with Crippen molar-refractivity contribution in [2.75, 3.05) is 40.3 Å². The van der Waals surface area contributed by atoms with E-state index in [4.69, 9.17) is 4.74 Å². The van der Waals surface area contributed by atoms with Crippen LogP contribution < -0.4 is 10.1 Å². The molecule has 0 saturated heterocycles. The Balaban J connectivity index is 2.26. The Morgan fingerprint density at radius 3 is 2.58 bits per heavy atom. The Morgan fingerprint density at radius 1 is 1.19 bits per heavy atom. The van der Waals surface area contributed by atoms with Crippen LogP contribution in [0.4, 0.5) is 0 Å². The number of rotatable bonds is 12. The van der Waals surface area contributed by atoms with E-state index in [9.17, 15) is 4.79 Å². The molecule has 4 heteroatoms. The average molecular weight is 364 g/mol. The van der Waals surface area contributed by atoms with Gasteiger partial charge >= 0.3 is 0 Å². The summed E-state index contributed by atoms with van der Waals surface area (Å²) in [4.78, 5) is 11.9. The van der Waals surface area contributed by atoms with E-state index in [2.05, 4.69) is 65.3 Å². The lowest BCUT2D eigenvalue weighted by Gasteiger charge is -2.29. The molecule has 26 heavy (non-hydrogen) atoms. The number of ether oxygens (including phenoxy) is 1. The first kappa shape index (κ1) is 22.5. The summed E-state index contributed by atoms with van der Waals surface area (Å²) in [7, 11) is 4.26. The summed E-state index contributed by atoms with van der Waals surface area (Å²) in [5, 5.41) is 2.96. The fourth-order valence-electron chi connectivity index (χ4n) is 2.92. The third kappa shape index (κ3) is 8.70. The van der Waals surface area contributed by atoms with Gasteiger partial charge in [-0.3, -0.25) is 4.79 Å². The average Bonchev–Trinajstić information content (AvgIpc) is 2.56. The lowest BCUT2D eigenvalue weighted by atomic mass is 10.0. The predicted molar refractivity (Wildman–Crippen MR) is 110 cm³/mol. The molecule has 1 aromatic carbocycles. The van der Waals surface area contributed by atoms with Gasteiger partial charge in [0.25, 0.3) is 5.91 Å². The first-order valence-electron chi connectivity index (χ1n) is 10.1. The van der Waals surface area contributed by atoms with Crippen LogP contribution in [0.3, 0.4) is 0 Å². The standard InChI is InChI=1S/C22H38N2O2/c1-7-13-23-22(25)17-24(5,6)14-9-8-10-15-26-21-16-20(18(2)3)12-11-19(21)4/h11-12,16,18H,7-10,13-15,17H2,1-6H3/p+1. The molecule has 0 aliphatic heterocycles. The summed E-state index contributed by atoms with van der Waals surface area (Å²) >= 11 is 0. The van der Waals surface area contributed by atoms with Crippen molar-refractivity contribution in [2.45, 2.75) is 59.3 Å². The Hall–Kier alpha value is -1.55. The molecule has 1 amide bonds. The van der Waals surface area contributed by atoms with Gasteiger partial charge in [-0.25, -0.2) is 0 Å². The van der Waals surface area contributed by atoms with Gasteiger partial charge in [-0.05, 0) is 55.7 Å². The van der Waals surface area contributed by atoms with Crippen molar-refractivity contribution in [1.29, 1.82) is 0 Å². The fraction of sp³-hybridized carbons (Fsp3) is 0.682. The Kier molecular flexibility index (Phi) is 9.71. The summed E-state index contributed by atoms with van der Waals surface area (Å²) in [6, 6.07) is 6.51. The summed E-state index contributed by atoms with van der Waals surface area (Å²) in [5.41, 5.74) is 2.52. The van der Waals surface area contributed by atoms with Crippen molar-refractivity contribution in [2.24, 2.45) is 0 Å². The van der Waals surface area contributed by atoms with Crippen LogP contribution >= 0.6 is 0 Å². The third-order valence-corrected chi connectivity index (χ3v) is 4.69. The molecule has 0 aliphatic rings. The topological polar surface area (TPSA) is 38.3 Å². The smallest absolute Gasteiger partial charge is 0.275 e. The minimum absolute atomic E-state index is 0.153. The number of carbonyl (C=O) groups is 1. The number of quaternary nitrogens is 1. The molecule has 148 valence electrons. The molecule has 0 fully saturated rings. The maximum Gasteiger partial charge on any atom is 0.275 e. The number of unbranched alkanes of at least 4 members (excludes halogenated alkanes) is 2. The van der Waals surface area contributed by atoms with Gasteiger partial charge in [0, 0.05) is 6.54 Å². The molecular weight excluding hydrogens is 324 g/mol. The number of hydrogen-bond donors (Lipinski definition) is 1. The second kappa shape index (κ2) is 11.2. The van der Waals surface area contributed by atoms with Crippen molar-refractivity contribution in [3.8, 4) is 5.75 Å². The van der Waals surface area contributed by atoms with Crippen LogP contribution in [0.1, 0.15) is 63.5 Å². The van der Waals surface area contributed by atoms with Crippen LogP contribution in [-0.4, -0.2) is 50.7 Å². The number of nitrogens with zero attached hydrogens (tertiary/aromatic N) is 1. The van der Waals surface area contributed by atoms with E-state index in [1.54, 1.807) is 0 Å². The monoisotopic (exact) mass is 363 g/mol. The normalized spacial score (nSPS) is 11.7. The molecule has 1 N–H and O–H groups in total. The molecule has 0 radical (unpaired) electrons. The summed E-state index contributed by atoms with van der Waals surface area (Å²) < 4.78 is 6.74. The van der Waals surface area contributed by atoms with E-state index in [1.165, 1.54) is 11.1 Å². The van der Waals surface area contributed by atoms with Crippen molar-refractivity contribution < 1.29 is 14.0 Å². The highest BCUT2D eigenvalue weighted by Crippen LogP contribution is 2.24. The van der Waals surface area contributed by atoms with Crippen LogP contribution in [0.25, 0.3) is 0 Å². The molecule has 4 nitrogen and oxygen atoms in total. The Morgan fingerprint density at radius 2 is 1.92 bits per heavy atom. The van der Waals surface area contributed by atoms with E-state index in [-0.39, 0.29) is 5.91 Å². The molecule has 0 saturated carbocycles. The van der Waals surface area contributed by atoms with E-state index in [0.29, 0.717) is 12.5 Å². The number of benzene rings is 1. The van der Waals surface area contributed by atoms with Gasteiger partial charge in [-0.2, -0.15) is 0 Å². The second-order valence-corrected chi connectivity index (χ2v) is 8.26. The second-order valence-electron chi connectivity index (χ2n) is 8.26. The number of aryl methyl sites for hydroxylation is 1. The van der Waals surface area contributed by atoms with E-state index < -0.39 is 0 Å². The van der Waals surface area contributed by atoms with Gasteiger partial charge in [0.2, 0.25) is 0 Å². The van der Waals surface area contributed by atoms with Crippen molar-refractivity contribution in [1.82, 2.24) is 5.32 Å². The largest absolute Gasteiger partial charge is 0.493 e. The van der Waals surface area contributed by atoms with Gasteiger partial charge in [-0.15, -0.1) is 0 Å². The SMILES string of the molecule is CCCNC(=O)C[N+](C)(C)CCCCCOc1cc(C(C)C)ccc1C. The zero-order valence-electron chi connectivity index (χ0n) is 17.7. The zero-order chi connectivity index (χ0) is 19.6.